The van der Waals surface area contributed by atoms with Crippen LogP contribution in [-0.2, 0) is 0 Å². The molecule has 0 amide bonds. The van der Waals surface area contributed by atoms with Gasteiger partial charge in [0.25, 0.3) is 0 Å². The summed E-state index contributed by atoms with van der Waals surface area (Å²) in [5.74, 6) is 1.07. The van der Waals surface area contributed by atoms with Gasteiger partial charge in [0.2, 0.25) is 0 Å². The molecule has 14 heavy (non-hydrogen) atoms. The Balaban J connectivity index is 2.00. The van der Waals surface area contributed by atoms with Crippen LogP contribution >= 0.6 is 0 Å². The van der Waals surface area contributed by atoms with E-state index < -0.39 is 0 Å². The van der Waals surface area contributed by atoms with E-state index in [1.165, 1.54) is 24.8 Å². The number of anilines is 1. The second-order valence-corrected chi connectivity index (χ2v) is 4.44. The number of benzene rings is 1. The highest BCUT2D eigenvalue weighted by Gasteiger charge is 2.42. The minimum absolute atomic E-state index is 0.124. The molecule has 1 aliphatic heterocycles. The van der Waals surface area contributed by atoms with Crippen molar-refractivity contribution in [2.75, 3.05) is 11.9 Å². The minimum atomic E-state index is 0.124. The first-order valence-corrected chi connectivity index (χ1v) is 5.32. The van der Waals surface area contributed by atoms with Crippen molar-refractivity contribution in [3.05, 3.63) is 23.8 Å². The number of hydrogen-bond donors (Lipinski definition) is 1. The zero-order chi connectivity index (χ0) is 9.60. The quantitative estimate of drug-likeness (QED) is 0.677. The summed E-state index contributed by atoms with van der Waals surface area (Å²) in [5, 5.41) is 3.47. The minimum Gasteiger partial charge on any atom is -0.483 e. The van der Waals surface area contributed by atoms with Gasteiger partial charge in [0.05, 0.1) is 12.2 Å². The zero-order valence-corrected chi connectivity index (χ0v) is 8.47. The second-order valence-electron chi connectivity index (χ2n) is 4.44. The van der Waals surface area contributed by atoms with Crippen LogP contribution in [0.4, 0.5) is 5.69 Å². The predicted octanol–water partition coefficient (Wildman–Crippen LogP) is 2.72. The summed E-state index contributed by atoms with van der Waals surface area (Å²) in [6.45, 7) is 3.08. The number of para-hydroxylation sites is 1. The first kappa shape index (κ1) is 8.16. The van der Waals surface area contributed by atoms with Gasteiger partial charge in [-0.1, -0.05) is 12.1 Å². The van der Waals surface area contributed by atoms with E-state index in [-0.39, 0.29) is 5.60 Å². The van der Waals surface area contributed by atoms with Crippen molar-refractivity contribution in [1.82, 2.24) is 0 Å². The van der Waals surface area contributed by atoms with E-state index in [1.54, 1.807) is 0 Å². The van der Waals surface area contributed by atoms with E-state index in [0.717, 1.165) is 18.0 Å². The largest absolute Gasteiger partial charge is 0.483 e. The van der Waals surface area contributed by atoms with Gasteiger partial charge in [0.15, 0.2) is 0 Å². The molecule has 1 saturated carbocycles. The zero-order valence-electron chi connectivity index (χ0n) is 8.47. The van der Waals surface area contributed by atoms with Gasteiger partial charge in [-0.15, -0.1) is 0 Å². The van der Waals surface area contributed by atoms with Crippen LogP contribution in [0.3, 0.4) is 0 Å². The molecule has 0 atom stereocenters. The van der Waals surface area contributed by atoms with E-state index in [1.807, 2.05) is 0 Å². The van der Waals surface area contributed by atoms with Gasteiger partial charge in [0, 0.05) is 0 Å². The molecule has 1 N–H and O–H groups in total. The Bertz CT molecular complexity index is 369. The average Bonchev–Trinajstić information content (AvgIpc) is 2.16. The summed E-state index contributed by atoms with van der Waals surface area (Å²) in [6, 6.07) is 6.27. The van der Waals surface area contributed by atoms with Crippen molar-refractivity contribution in [3.8, 4) is 5.75 Å². The van der Waals surface area contributed by atoms with Gasteiger partial charge in [0.1, 0.15) is 11.4 Å². The fraction of sp³-hybridized carbons (Fsp3) is 0.500. The molecule has 0 unspecified atom stereocenters. The highest BCUT2D eigenvalue weighted by atomic mass is 16.5. The molecule has 0 bridgehead atoms. The van der Waals surface area contributed by atoms with Crippen LogP contribution in [0.25, 0.3) is 0 Å². The van der Waals surface area contributed by atoms with Crippen LogP contribution in [-0.4, -0.2) is 12.1 Å². The number of rotatable bonds is 0. The molecule has 1 aromatic carbocycles. The van der Waals surface area contributed by atoms with Gasteiger partial charge in [-0.2, -0.15) is 0 Å². The average molecular weight is 189 g/mol. The Labute approximate surface area is 84.3 Å². The fourth-order valence-corrected chi connectivity index (χ4v) is 2.29. The predicted molar refractivity (Wildman–Crippen MR) is 56.9 cm³/mol. The fourth-order valence-electron chi connectivity index (χ4n) is 2.29. The van der Waals surface area contributed by atoms with E-state index >= 15 is 0 Å². The van der Waals surface area contributed by atoms with Crippen LogP contribution in [0.2, 0.25) is 0 Å². The Hall–Kier alpha value is -1.18. The lowest BCUT2D eigenvalue weighted by molar-refractivity contribution is -0.000400. The Morgan fingerprint density at radius 2 is 2.21 bits per heavy atom. The molecule has 1 aromatic rings. The van der Waals surface area contributed by atoms with Crippen molar-refractivity contribution >= 4 is 5.69 Å². The van der Waals surface area contributed by atoms with Gasteiger partial charge >= 0.3 is 0 Å². The SMILES string of the molecule is Cc1cccc2c1OC1(CCC1)CN2. The highest BCUT2D eigenvalue weighted by Crippen LogP contribution is 2.43. The molecule has 1 aliphatic carbocycles. The van der Waals surface area contributed by atoms with Gasteiger partial charge < -0.3 is 10.1 Å². The maximum atomic E-state index is 6.12. The first-order valence-electron chi connectivity index (χ1n) is 5.32. The van der Waals surface area contributed by atoms with Crippen molar-refractivity contribution in [2.24, 2.45) is 0 Å². The third-order valence-corrected chi connectivity index (χ3v) is 3.40. The summed E-state index contributed by atoms with van der Waals surface area (Å²) >= 11 is 0. The molecule has 1 heterocycles. The molecule has 3 rings (SSSR count). The van der Waals surface area contributed by atoms with Crippen LogP contribution in [0.5, 0.6) is 5.75 Å². The molecule has 0 aromatic heterocycles. The summed E-state index contributed by atoms with van der Waals surface area (Å²) in [5.41, 5.74) is 2.52. The summed E-state index contributed by atoms with van der Waals surface area (Å²) < 4.78 is 6.12. The smallest absolute Gasteiger partial charge is 0.146 e. The summed E-state index contributed by atoms with van der Waals surface area (Å²) in [4.78, 5) is 0. The number of fused-ring (bicyclic) bond motifs is 1. The summed E-state index contributed by atoms with van der Waals surface area (Å²) in [6.07, 6.45) is 3.71. The molecule has 0 radical (unpaired) electrons. The molecule has 1 fully saturated rings. The number of aryl methyl sites for hydroxylation is 1. The third kappa shape index (κ3) is 1.03. The molecule has 74 valence electrons. The molecule has 1 spiro atoms. The molecule has 0 saturated heterocycles. The van der Waals surface area contributed by atoms with E-state index in [0.29, 0.717) is 0 Å². The Morgan fingerprint density at radius 3 is 2.93 bits per heavy atom. The van der Waals surface area contributed by atoms with Crippen LogP contribution in [0.15, 0.2) is 18.2 Å². The number of hydrogen-bond acceptors (Lipinski definition) is 2. The molecule has 2 heteroatoms. The van der Waals surface area contributed by atoms with Gasteiger partial charge in [-0.25, -0.2) is 0 Å². The van der Waals surface area contributed by atoms with E-state index in [9.17, 15) is 0 Å². The maximum absolute atomic E-state index is 6.12. The standard InChI is InChI=1S/C12H15NO/c1-9-4-2-5-10-11(9)14-12(8-13-10)6-3-7-12/h2,4-5,13H,3,6-8H2,1H3. The topological polar surface area (TPSA) is 21.3 Å². The third-order valence-electron chi connectivity index (χ3n) is 3.40. The van der Waals surface area contributed by atoms with Crippen LogP contribution in [0, 0.1) is 6.92 Å². The van der Waals surface area contributed by atoms with Gasteiger partial charge in [-0.3, -0.25) is 0 Å². The normalized spacial score (nSPS) is 21.8. The van der Waals surface area contributed by atoms with Crippen LogP contribution in [0.1, 0.15) is 24.8 Å². The number of nitrogens with one attached hydrogen (secondary N) is 1. The van der Waals surface area contributed by atoms with E-state index in [4.69, 9.17) is 4.74 Å². The Morgan fingerprint density at radius 1 is 1.36 bits per heavy atom. The van der Waals surface area contributed by atoms with Crippen molar-refractivity contribution in [1.29, 1.82) is 0 Å². The monoisotopic (exact) mass is 189 g/mol. The maximum Gasteiger partial charge on any atom is 0.146 e. The van der Waals surface area contributed by atoms with E-state index in [2.05, 4.69) is 30.4 Å². The number of ether oxygens (including phenoxy) is 1. The highest BCUT2D eigenvalue weighted by molar-refractivity contribution is 5.62. The summed E-state index contributed by atoms with van der Waals surface area (Å²) in [7, 11) is 0. The molecule has 2 aliphatic rings. The lowest BCUT2D eigenvalue weighted by Crippen LogP contribution is -2.51. The van der Waals surface area contributed by atoms with Crippen molar-refractivity contribution in [2.45, 2.75) is 31.8 Å². The first-order chi connectivity index (χ1) is 6.79. The molecule has 2 nitrogen and oxygen atoms in total. The van der Waals surface area contributed by atoms with Crippen molar-refractivity contribution < 1.29 is 4.74 Å². The van der Waals surface area contributed by atoms with Gasteiger partial charge in [-0.05, 0) is 37.8 Å². The lowest BCUT2D eigenvalue weighted by atomic mass is 9.79. The Kier molecular flexibility index (Phi) is 1.55. The second kappa shape index (κ2) is 2.66. The lowest BCUT2D eigenvalue weighted by Gasteiger charge is -2.45. The molecular weight excluding hydrogens is 174 g/mol. The molecular formula is C12H15NO. The van der Waals surface area contributed by atoms with Crippen LogP contribution < -0.4 is 10.1 Å². The van der Waals surface area contributed by atoms with Crippen molar-refractivity contribution in [3.63, 3.8) is 0 Å².